The number of ether oxygens (including phenoxy) is 1. The Balaban J connectivity index is 2.04. The van der Waals surface area contributed by atoms with E-state index in [4.69, 9.17) is 4.74 Å². The zero-order valence-corrected chi connectivity index (χ0v) is 12.7. The van der Waals surface area contributed by atoms with Crippen molar-refractivity contribution in [2.45, 2.75) is 13.5 Å². The molecule has 4 heteroatoms. The van der Waals surface area contributed by atoms with E-state index in [9.17, 15) is 4.79 Å². The minimum atomic E-state index is -0.398. The molecule has 1 aliphatic rings. The second kappa shape index (κ2) is 5.93. The number of carbonyl (C=O) groups excluding carboxylic acids is 1. The van der Waals surface area contributed by atoms with Crippen molar-refractivity contribution in [3.8, 4) is 0 Å². The molecule has 1 amide bonds. The molecular weight excluding hydrogens is 276 g/mol. The molecule has 2 aromatic carbocycles. The summed E-state index contributed by atoms with van der Waals surface area (Å²) in [6.45, 7) is 2.59. The predicted octanol–water partition coefficient (Wildman–Crippen LogP) is 4.05. The molecule has 0 saturated heterocycles. The third-order valence-electron chi connectivity index (χ3n) is 3.72. The van der Waals surface area contributed by atoms with Crippen molar-refractivity contribution in [2.24, 2.45) is 0 Å². The predicted molar refractivity (Wildman–Crippen MR) is 87.0 cm³/mol. The molecule has 0 aliphatic carbocycles. The van der Waals surface area contributed by atoms with Gasteiger partial charge in [-0.2, -0.15) is 5.01 Å². The molecule has 22 heavy (non-hydrogen) atoms. The van der Waals surface area contributed by atoms with Gasteiger partial charge in [0.25, 0.3) is 0 Å². The first-order valence-electron chi connectivity index (χ1n) is 7.17. The zero-order chi connectivity index (χ0) is 15.5. The highest BCUT2D eigenvalue weighted by atomic mass is 16.5. The summed E-state index contributed by atoms with van der Waals surface area (Å²) in [5.74, 6) is 0. The van der Waals surface area contributed by atoms with Crippen LogP contribution in [-0.2, 0) is 11.3 Å². The van der Waals surface area contributed by atoms with Crippen molar-refractivity contribution in [3.05, 3.63) is 71.9 Å². The summed E-state index contributed by atoms with van der Waals surface area (Å²) >= 11 is 0. The molecule has 0 fully saturated rings. The van der Waals surface area contributed by atoms with Crippen LogP contribution in [0.1, 0.15) is 18.1 Å². The molecule has 0 N–H and O–H groups in total. The van der Waals surface area contributed by atoms with E-state index < -0.39 is 6.09 Å². The van der Waals surface area contributed by atoms with Gasteiger partial charge in [-0.1, -0.05) is 48.5 Å². The number of para-hydroxylation sites is 1. The van der Waals surface area contributed by atoms with Crippen molar-refractivity contribution in [1.29, 1.82) is 0 Å². The molecule has 0 aromatic heterocycles. The number of methoxy groups -OCH3 is 1. The van der Waals surface area contributed by atoms with Gasteiger partial charge in [0.05, 0.1) is 19.3 Å². The lowest BCUT2D eigenvalue weighted by atomic mass is 10.0. The molecular formula is C18H18N2O2. The van der Waals surface area contributed by atoms with E-state index >= 15 is 0 Å². The van der Waals surface area contributed by atoms with Gasteiger partial charge < -0.3 is 4.74 Å². The molecule has 0 bridgehead atoms. The second-order valence-corrected chi connectivity index (χ2v) is 5.19. The number of nitrogens with zero attached hydrogens (tertiary/aromatic N) is 2. The molecule has 3 rings (SSSR count). The highest BCUT2D eigenvalue weighted by molar-refractivity contribution is 5.84. The van der Waals surface area contributed by atoms with Crippen molar-refractivity contribution < 1.29 is 9.53 Å². The Kier molecular flexibility index (Phi) is 3.83. The molecule has 112 valence electrons. The number of amides is 1. The fourth-order valence-electron chi connectivity index (χ4n) is 2.63. The molecule has 0 unspecified atom stereocenters. The van der Waals surface area contributed by atoms with Gasteiger partial charge in [-0.05, 0) is 24.1 Å². The van der Waals surface area contributed by atoms with E-state index in [2.05, 4.69) is 6.07 Å². The molecule has 1 heterocycles. The Morgan fingerprint density at radius 2 is 1.73 bits per heavy atom. The maximum Gasteiger partial charge on any atom is 0.432 e. The van der Waals surface area contributed by atoms with E-state index in [0.717, 1.165) is 22.4 Å². The summed E-state index contributed by atoms with van der Waals surface area (Å²) in [6.07, 6.45) is 1.42. The van der Waals surface area contributed by atoms with Crippen LogP contribution in [0.25, 0.3) is 5.57 Å². The first kappa shape index (κ1) is 14.2. The topological polar surface area (TPSA) is 32.8 Å². The van der Waals surface area contributed by atoms with Gasteiger partial charge in [-0.15, -0.1) is 0 Å². The monoisotopic (exact) mass is 294 g/mol. The number of fused-ring (bicyclic) bond motifs is 1. The molecule has 2 aromatic rings. The number of carbonyl (C=O) groups is 1. The Hall–Kier alpha value is -2.75. The highest BCUT2D eigenvalue weighted by Gasteiger charge is 2.27. The van der Waals surface area contributed by atoms with E-state index in [1.165, 1.54) is 12.1 Å². The lowest BCUT2D eigenvalue weighted by molar-refractivity contribution is 0.135. The third kappa shape index (κ3) is 2.55. The van der Waals surface area contributed by atoms with E-state index in [0.29, 0.717) is 6.54 Å². The van der Waals surface area contributed by atoms with E-state index in [1.54, 1.807) is 0 Å². The van der Waals surface area contributed by atoms with Crippen LogP contribution in [0, 0.1) is 0 Å². The summed E-state index contributed by atoms with van der Waals surface area (Å²) in [6, 6.07) is 18.1. The van der Waals surface area contributed by atoms with Crippen LogP contribution in [0.5, 0.6) is 0 Å². The van der Waals surface area contributed by atoms with Gasteiger partial charge in [-0.25, -0.2) is 4.79 Å². The number of hydrazine groups is 1. The van der Waals surface area contributed by atoms with Crippen LogP contribution in [0.4, 0.5) is 10.5 Å². The maximum atomic E-state index is 12.1. The largest absolute Gasteiger partial charge is 0.451 e. The number of anilines is 1. The lowest BCUT2D eigenvalue weighted by Crippen LogP contribution is -2.45. The Bertz CT molecular complexity index is 710. The minimum Gasteiger partial charge on any atom is -0.451 e. The average Bonchev–Trinajstić information content (AvgIpc) is 2.57. The van der Waals surface area contributed by atoms with Gasteiger partial charge in [0, 0.05) is 11.8 Å². The van der Waals surface area contributed by atoms with Gasteiger partial charge in [-0.3, -0.25) is 5.01 Å². The van der Waals surface area contributed by atoms with Crippen molar-refractivity contribution in [1.82, 2.24) is 5.01 Å². The molecule has 4 nitrogen and oxygen atoms in total. The summed E-state index contributed by atoms with van der Waals surface area (Å²) < 4.78 is 4.92. The first-order chi connectivity index (χ1) is 10.7. The van der Waals surface area contributed by atoms with Crippen LogP contribution in [0.3, 0.4) is 0 Å². The maximum absolute atomic E-state index is 12.1. The quantitative estimate of drug-likeness (QED) is 0.837. The van der Waals surface area contributed by atoms with Crippen molar-refractivity contribution in [2.75, 3.05) is 12.1 Å². The smallest absolute Gasteiger partial charge is 0.432 e. The Labute approximate surface area is 130 Å². The normalized spacial score (nSPS) is 13.5. The fourth-order valence-corrected chi connectivity index (χ4v) is 2.63. The average molecular weight is 294 g/mol. The molecule has 0 radical (unpaired) electrons. The lowest BCUT2D eigenvalue weighted by Gasteiger charge is -2.38. The molecule has 0 spiro atoms. The first-order valence-corrected chi connectivity index (χ1v) is 7.17. The van der Waals surface area contributed by atoms with E-state index in [-0.39, 0.29) is 0 Å². The summed E-state index contributed by atoms with van der Waals surface area (Å²) in [5, 5.41) is 3.47. The van der Waals surface area contributed by atoms with Crippen molar-refractivity contribution in [3.63, 3.8) is 0 Å². The number of benzene rings is 2. The zero-order valence-electron chi connectivity index (χ0n) is 12.7. The van der Waals surface area contributed by atoms with Crippen LogP contribution in [-0.4, -0.2) is 18.2 Å². The van der Waals surface area contributed by atoms with E-state index in [1.807, 2.05) is 66.7 Å². The van der Waals surface area contributed by atoms with Gasteiger partial charge in [0.1, 0.15) is 0 Å². The molecule has 0 saturated carbocycles. The SMILES string of the molecule is COC(=O)N1C=C(C)c2ccccc2N1Cc1ccccc1. The van der Waals surface area contributed by atoms with Gasteiger partial charge in [0.15, 0.2) is 0 Å². The highest BCUT2D eigenvalue weighted by Crippen LogP contribution is 2.34. The van der Waals surface area contributed by atoms with Crippen LogP contribution in [0.15, 0.2) is 60.8 Å². The molecule has 1 aliphatic heterocycles. The van der Waals surface area contributed by atoms with Gasteiger partial charge >= 0.3 is 6.09 Å². The summed E-state index contributed by atoms with van der Waals surface area (Å²) in [7, 11) is 1.40. The Morgan fingerprint density at radius 1 is 1.05 bits per heavy atom. The number of hydrogen-bond acceptors (Lipinski definition) is 3. The standard InChI is InChI=1S/C18H18N2O2/c1-14-12-20(18(21)22-2)19(13-15-8-4-3-5-9-15)17-11-7-6-10-16(14)17/h3-12H,13H2,1-2H3. The number of hydrogen-bond donors (Lipinski definition) is 0. The Morgan fingerprint density at radius 3 is 2.45 bits per heavy atom. The summed E-state index contributed by atoms with van der Waals surface area (Å²) in [4.78, 5) is 12.1. The fraction of sp³-hybridized carbons (Fsp3) is 0.167. The minimum absolute atomic E-state index is 0.398. The van der Waals surface area contributed by atoms with Gasteiger partial charge in [0.2, 0.25) is 0 Å². The van der Waals surface area contributed by atoms with Crippen LogP contribution in [0.2, 0.25) is 0 Å². The second-order valence-electron chi connectivity index (χ2n) is 5.19. The number of allylic oxidation sites excluding steroid dienone is 1. The van der Waals surface area contributed by atoms with Crippen LogP contribution < -0.4 is 5.01 Å². The number of rotatable bonds is 2. The summed E-state index contributed by atoms with van der Waals surface area (Å²) in [5.41, 5.74) is 4.28. The van der Waals surface area contributed by atoms with Crippen molar-refractivity contribution >= 4 is 17.4 Å². The third-order valence-corrected chi connectivity index (χ3v) is 3.72. The molecule has 0 atom stereocenters. The van der Waals surface area contributed by atoms with Crippen LogP contribution >= 0.6 is 0 Å².